The first-order chi connectivity index (χ1) is 17.0. The van der Waals surface area contributed by atoms with E-state index in [0.717, 1.165) is 5.56 Å². The van der Waals surface area contributed by atoms with Gasteiger partial charge in [0, 0.05) is 5.56 Å². The number of amides is 1. The maximum atomic E-state index is 11.1. The molecule has 0 unspecified atom stereocenters. The average molecular weight is 563 g/mol. The molecule has 0 fully saturated rings. The van der Waals surface area contributed by atoms with Crippen LogP contribution in [0.2, 0.25) is 0 Å². The summed E-state index contributed by atoms with van der Waals surface area (Å²) >= 11 is -5.14. The van der Waals surface area contributed by atoms with Gasteiger partial charge in [-0.1, -0.05) is 6.07 Å². The third-order valence-electron chi connectivity index (χ3n) is 4.60. The Bertz CT molecular complexity index is 1270. The van der Waals surface area contributed by atoms with Crippen molar-refractivity contribution in [1.29, 1.82) is 0 Å². The van der Waals surface area contributed by atoms with E-state index >= 15 is 0 Å². The molecular formula is C24H26AsNO10. The Labute approximate surface area is 209 Å². The van der Waals surface area contributed by atoms with Crippen LogP contribution < -0.4 is 23.9 Å². The normalized spacial score (nSPS) is 10.5. The van der Waals surface area contributed by atoms with Crippen LogP contribution in [-0.2, 0) is 15.1 Å². The summed E-state index contributed by atoms with van der Waals surface area (Å²) in [7, 11) is 3.17. The Kier molecular flexibility index (Phi) is 9.98. The number of hydrogen-bond acceptors (Lipinski definition) is 7. The van der Waals surface area contributed by atoms with Gasteiger partial charge in [-0.2, -0.15) is 0 Å². The van der Waals surface area contributed by atoms with Gasteiger partial charge in [0.2, 0.25) is 0 Å². The molecule has 192 valence electrons. The van der Waals surface area contributed by atoms with Crippen LogP contribution in [0.15, 0.2) is 60.7 Å². The number of phenolic OH excluding ortho intramolecular Hbond substituents is 1. The summed E-state index contributed by atoms with van der Waals surface area (Å²) in [5.41, 5.74) is 0.778. The predicted molar refractivity (Wildman–Crippen MR) is 130 cm³/mol. The van der Waals surface area contributed by atoms with E-state index in [1.54, 1.807) is 38.5 Å². The third-order valence-corrected chi connectivity index (χ3v) is 6.70. The molecule has 3 aromatic rings. The van der Waals surface area contributed by atoms with Crippen LogP contribution in [0.5, 0.6) is 23.0 Å². The summed E-state index contributed by atoms with van der Waals surface area (Å²) in [6.07, 6.45) is 0. The van der Waals surface area contributed by atoms with Crippen molar-refractivity contribution in [2.75, 3.05) is 19.5 Å². The molecule has 1 amide bonds. The Morgan fingerprint density at radius 2 is 1.64 bits per heavy atom. The number of hydrogen-bond donors (Lipinski definition) is 5. The molecule has 36 heavy (non-hydrogen) atoms. The average Bonchev–Trinajstić information content (AvgIpc) is 2.83. The minimum atomic E-state index is -5.14. The Morgan fingerprint density at radius 3 is 2.22 bits per heavy atom. The monoisotopic (exact) mass is 563 g/mol. The second-order valence-corrected chi connectivity index (χ2v) is 10.5. The van der Waals surface area contributed by atoms with Gasteiger partial charge >= 0.3 is 94.1 Å². The largest absolute Gasteiger partial charge is 0.497 e. The Balaban J connectivity index is 0.000000269. The smallest absolute Gasteiger partial charge is 0.335 e. The first-order valence-corrected chi connectivity index (χ1v) is 13.7. The second kappa shape index (κ2) is 12.7. The molecule has 0 saturated heterocycles. The van der Waals surface area contributed by atoms with Crippen LogP contribution in [0.4, 0.5) is 5.69 Å². The van der Waals surface area contributed by atoms with E-state index < -0.39 is 26.0 Å². The summed E-state index contributed by atoms with van der Waals surface area (Å²) in [5, 5.41) is 20.5. The zero-order valence-corrected chi connectivity index (χ0v) is 21.5. The van der Waals surface area contributed by atoms with Gasteiger partial charge in [-0.3, -0.25) is 0 Å². The van der Waals surface area contributed by atoms with E-state index in [1.807, 2.05) is 6.07 Å². The SMILES string of the molecule is CC(=O)Nc1c(O)cccc1[As](=O)(O)O.COc1ccc(OC)c(COc2cccc(C(=O)O)c2)c1. The number of carbonyl (C=O) groups is 2. The molecule has 0 heterocycles. The maximum Gasteiger partial charge on any atom is 0.335 e. The quantitative estimate of drug-likeness (QED) is 0.201. The fraction of sp³-hybridized carbons (Fsp3) is 0.167. The number of phenols is 1. The van der Waals surface area contributed by atoms with Gasteiger partial charge in [-0.15, -0.1) is 0 Å². The van der Waals surface area contributed by atoms with Crippen LogP contribution in [0.1, 0.15) is 22.8 Å². The third kappa shape index (κ3) is 8.09. The van der Waals surface area contributed by atoms with Gasteiger partial charge in [-0.05, 0) is 36.4 Å². The van der Waals surface area contributed by atoms with Crippen LogP contribution in [-0.4, -0.2) is 58.7 Å². The fourth-order valence-corrected chi connectivity index (χ4v) is 4.51. The summed E-state index contributed by atoms with van der Waals surface area (Å²) in [4.78, 5) is 21.7. The van der Waals surface area contributed by atoms with Gasteiger partial charge < -0.3 is 19.3 Å². The summed E-state index contributed by atoms with van der Waals surface area (Å²) in [6.45, 7) is 1.44. The number of para-hydroxylation sites is 1. The minimum Gasteiger partial charge on any atom is -0.497 e. The molecule has 12 heteroatoms. The van der Waals surface area contributed by atoms with Gasteiger partial charge in [-0.25, -0.2) is 4.79 Å². The number of carboxylic acid groups (broad SMARTS) is 1. The van der Waals surface area contributed by atoms with Crippen molar-refractivity contribution in [2.45, 2.75) is 13.5 Å². The molecule has 0 aliphatic carbocycles. The number of carbonyl (C=O) groups excluding carboxylic acids is 1. The molecule has 0 bridgehead atoms. The molecule has 0 atom stereocenters. The van der Waals surface area contributed by atoms with E-state index in [4.69, 9.17) is 27.5 Å². The van der Waals surface area contributed by atoms with Crippen molar-refractivity contribution >= 4 is 36.1 Å². The number of aromatic carboxylic acids is 1. The number of rotatable bonds is 8. The number of aromatic hydroxyl groups is 1. The molecule has 0 spiro atoms. The number of ether oxygens (including phenoxy) is 3. The van der Waals surface area contributed by atoms with E-state index in [-0.39, 0.29) is 28.0 Å². The second-order valence-electron chi connectivity index (χ2n) is 7.20. The molecular weight excluding hydrogens is 537 g/mol. The number of carboxylic acids is 1. The topological polar surface area (TPSA) is 172 Å². The Hall–Kier alpha value is -3.92. The van der Waals surface area contributed by atoms with Crippen molar-refractivity contribution in [1.82, 2.24) is 0 Å². The Morgan fingerprint density at radius 1 is 0.944 bits per heavy atom. The van der Waals surface area contributed by atoms with Crippen LogP contribution in [0.25, 0.3) is 0 Å². The van der Waals surface area contributed by atoms with E-state index in [1.165, 1.54) is 37.3 Å². The van der Waals surface area contributed by atoms with Crippen molar-refractivity contribution < 1.29 is 45.9 Å². The summed E-state index contributed by atoms with van der Waals surface area (Å²) in [6, 6.07) is 15.5. The van der Waals surface area contributed by atoms with Gasteiger partial charge in [0.05, 0.1) is 19.8 Å². The van der Waals surface area contributed by atoms with Crippen LogP contribution in [0, 0.1) is 0 Å². The predicted octanol–water partition coefficient (Wildman–Crippen LogP) is 1.89. The molecule has 11 nitrogen and oxygen atoms in total. The first-order valence-electron chi connectivity index (χ1n) is 10.3. The first kappa shape index (κ1) is 28.3. The zero-order valence-electron chi connectivity index (χ0n) is 19.7. The fourth-order valence-electron chi connectivity index (χ4n) is 2.95. The minimum absolute atomic E-state index is 0.185. The van der Waals surface area contributed by atoms with E-state index in [2.05, 4.69) is 5.32 Å². The van der Waals surface area contributed by atoms with Crippen molar-refractivity contribution in [3.63, 3.8) is 0 Å². The molecule has 0 saturated carbocycles. The molecule has 0 radical (unpaired) electrons. The summed E-state index contributed by atoms with van der Waals surface area (Å²) in [5.74, 6) is 0.00666. The van der Waals surface area contributed by atoms with Crippen molar-refractivity contribution in [2.24, 2.45) is 0 Å². The maximum absolute atomic E-state index is 11.1. The molecule has 0 aliphatic rings. The van der Waals surface area contributed by atoms with Crippen LogP contribution in [0.3, 0.4) is 0 Å². The standard InChI is InChI=1S/C16H16O5.C8H10AsNO5/c1-19-13-6-7-15(20-2)12(9-13)10-21-14-5-3-4-11(8-14)16(17)18;1-5(11)10-8-6(9(13,14)15)3-2-4-7(8)12/h3-9H,10H2,1-2H3,(H,17,18);2-4,12H,1H3,(H,10,11)(H2,13,14,15). The van der Waals surface area contributed by atoms with E-state index in [9.17, 15) is 18.4 Å². The van der Waals surface area contributed by atoms with Crippen LogP contribution >= 0.6 is 0 Å². The van der Waals surface area contributed by atoms with E-state index in [0.29, 0.717) is 17.2 Å². The molecule has 5 N–H and O–H groups in total. The van der Waals surface area contributed by atoms with Crippen molar-refractivity contribution in [3.05, 3.63) is 71.8 Å². The van der Waals surface area contributed by atoms with Gasteiger partial charge in [0.1, 0.15) is 23.9 Å². The van der Waals surface area contributed by atoms with Gasteiger partial charge in [0.25, 0.3) is 0 Å². The molecule has 0 aromatic heterocycles. The molecule has 0 aliphatic heterocycles. The number of nitrogens with one attached hydrogen (secondary N) is 1. The number of anilines is 1. The zero-order chi connectivity index (χ0) is 26.9. The number of benzene rings is 3. The molecule has 3 aromatic carbocycles. The number of methoxy groups -OCH3 is 2. The van der Waals surface area contributed by atoms with Gasteiger partial charge in [0.15, 0.2) is 0 Å². The molecule has 3 rings (SSSR count). The van der Waals surface area contributed by atoms with Crippen molar-refractivity contribution in [3.8, 4) is 23.0 Å². The summed E-state index contributed by atoms with van der Waals surface area (Å²) < 4.78 is 44.8.